The number of allylic oxidation sites excluding steroid dienone is 1. The van der Waals surface area contributed by atoms with Crippen molar-refractivity contribution in [2.45, 2.75) is 39.2 Å². The number of nitriles is 1. The quantitative estimate of drug-likeness (QED) is 0.556. The summed E-state index contributed by atoms with van der Waals surface area (Å²) in [4.78, 5) is 21.4. The fraction of sp³-hybridized carbons (Fsp3) is 0.483. The van der Waals surface area contributed by atoms with E-state index in [-0.39, 0.29) is 11.8 Å². The number of hydrogen-bond donors (Lipinski definition) is 1. The molecule has 0 unspecified atom stereocenters. The van der Waals surface area contributed by atoms with Crippen molar-refractivity contribution >= 4 is 17.4 Å². The molecule has 39 heavy (non-hydrogen) atoms. The fourth-order valence-electron chi connectivity index (χ4n) is 5.15. The van der Waals surface area contributed by atoms with Gasteiger partial charge in [0.1, 0.15) is 17.6 Å². The molecular formula is C29H34FN5O4. The zero-order chi connectivity index (χ0) is 27.4. The van der Waals surface area contributed by atoms with Gasteiger partial charge in [-0.1, -0.05) is 0 Å². The molecule has 3 aliphatic heterocycles. The van der Waals surface area contributed by atoms with Gasteiger partial charge in [-0.25, -0.2) is 14.2 Å². The van der Waals surface area contributed by atoms with Gasteiger partial charge in [0.2, 0.25) is 5.88 Å². The van der Waals surface area contributed by atoms with E-state index in [1.807, 2.05) is 13.0 Å². The largest absolute Gasteiger partial charge is 0.473 e. The van der Waals surface area contributed by atoms with E-state index in [1.165, 1.54) is 6.07 Å². The minimum absolute atomic E-state index is 0.0455. The Labute approximate surface area is 228 Å². The van der Waals surface area contributed by atoms with Gasteiger partial charge in [0.05, 0.1) is 38.2 Å². The number of urea groups is 1. The molecule has 1 aromatic heterocycles. The molecule has 4 heterocycles. The van der Waals surface area contributed by atoms with Crippen LogP contribution in [-0.4, -0.2) is 74.6 Å². The summed E-state index contributed by atoms with van der Waals surface area (Å²) in [6.45, 7) is 8.47. The van der Waals surface area contributed by atoms with Crippen molar-refractivity contribution in [3.63, 3.8) is 0 Å². The van der Waals surface area contributed by atoms with Crippen molar-refractivity contribution in [1.29, 1.82) is 5.26 Å². The Kier molecular flexibility index (Phi) is 8.29. The van der Waals surface area contributed by atoms with E-state index in [4.69, 9.17) is 24.5 Å². The molecule has 1 aromatic carbocycles. The Morgan fingerprint density at radius 2 is 1.90 bits per heavy atom. The summed E-state index contributed by atoms with van der Waals surface area (Å²) in [7, 11) is 0. The predicted molar refractivity (Wildman–Crippen MR) is 145 cm³/mol. The van der Waals surface area contributed by atoms with Crippen LogP contribution in [0.2, 0.25) is 0 Å². The third kappa shape index (κ3) is 6.15. The highest BCUT2D eigenvalue weighted by atomic mass is 19.1. The maximum Gasteiger partial charge on any atom is 0.322 e. The Hall–Kier alpha value is -3.68. The Bertz CT molecular complexity index is 1300. The molecule has 0 aliphatic carbocycles. The summed E-state index contributed by atoms with van der Waals surface area (Å²) in [6, 6.07) is 6.87. The molecule has 5 rings (SSSR count). The van der Waals surface area contributed by atoms with E-state index in [0.29, 0.717) is 57.4 Å². The van der Waals surface area contributed by atoms with Gasteiger partial charge in [-0.2, -0.15) is 5.26 Å². The number of carbonyl (C=O) groups is 1. The molecule has 206 valence electrons. The first-order valence-electron chi connectivity index (χ1n) is 13.4. The molecule has 2 aromatic rings. The van der Waals surface area contributed by atoms with E-state index in [1.54, 1.807) is 24.1 Å². The van der Waals surface area contributed by atoms with E-state index in [0.717, 1.165) is 53.9 Å². The molecule has 3 saturated heterocycles. The Morgan fingerprint density at radius 1 is 1.15 bits per heavy atom. The van der Waals surface area contributed by atoms with Crippen molar-refractivity contribution < 1.29 is 23.4 Å². The normalized spacial score (nSPS) is 19.5. The van der Waals surface area contributed by atoms with Crippen LogP contribution in [0.4, 0.5) is 20.6 Å². The number of halogens is 1. The van der Waals surface area contributed by atoms with Gasteiger partial charge in [-0.3, -0.25) is 0 Å². The van der Waals surface area contributed by atoms with Crippen LogP contribution in [-0.2, 0) is 9.47 Å². The molecule has 2 amide bonds. The molecular weight excluding hydrogens is 501 g/mol. The van der Waals surface area contributed by atoms with Gasteiger partial charge in [0.25, 0.3) is 0 Å². The summed E-state index contributed by atoms with van der Waals surface area (Å²) in [5.74, 6) is 0.0694. The van der Waals surface area contributed by atoms with E-state index in [9.17, 15) is 9.18 Å². The lowest BCUT2D eigenvalue weighted by Gasteiger charge is -2.31. The number of anilines is 2. The van der Waals surface area contributed by atoms with E-state index in [2.05, 4.69) is 16.3 Å². The Balaban J connectivity index is 1.41. The summed E-state index contributed by atoms with van der Waals surface area (Å²) in [5, 5.41) is 11.9. The molecule has 1 N–H and O–H groups in total. The SMILES string of the molecule is C/C(C#N)=C1/CCN(C(=O)Nc2cc(-c3cnc(OC4CCOCC4)c(N4CCOCC4)c3)c(C)cc2F)C1. The highest BCUT2D eigenvalue weighted by Crippen LogP contribution is 2.36. The minimum Gasteiger partial charge on any atom is -0.473 e. The van der Waals surface area contributed by atoms with Crippen LogP contribution in [0.1, 0.15) is 31.7 Å². The standard InChI is InChI=1S/C29H34FN5O4/c1-19-13-25(30)26(33-29(36)35-6-3-21(18-35)20(2)16-31)15-24(19)22-14-27(34-7-11-38-12-8-34)28(32-17-22)39-23-4-9-37-10-5-23/h13-15,17,23H,3-12,18H2,1-2H3,(H,33,36)/b21-20+. The third-order valence-electron chi connectivity index (χ3n) is 7.55. The number of nitrogens with one attached hydrogen (secondary N) is 1. The van der Waals surface area contributed by atoms with Gasteiger partial charge < -0.3 is 29.3 Å². The lowest BCUT2D eigenvalue weighted by atomic mass is 10.00. The zero-order valence-electron chi connectivity index (χ0n) is 22.5. The molecule has 10 heteroatoms. The summed E-state index contributed by atoms with van der Waals surface area (Å²) in [6.07, 6.45) is 4.07. The number of rotatable bonds is 5. The van der Waals surface area contributed by atoms with Crippen LogP contribution in [0.3, 0.4) is 0 Å². The van der Waals surface area contributed by atoms with Gasteiger partial charge in [-0.05, 0) is 55.2 Å². The number of aromatic nitrogens is 1. The highest BCUT2D eigenvalue weighted by molar-refractivity contribution is 5.91. The molecule has 3 aliphatic rings. The topological polar surface area (TPSA) is 100.0 Å². The average Bonchev–Trinajstić information content (AvgIpc) is 3.46. The maximum absolute atomic E-state index is 15.0. The van der Waals surface area contributed by atoms with Gasteiger partial charge in [0.15, 0.2) is 0 Å². The van der Waals surface area contributed by atoms with Crippen LogP contribution in [0.15, 0.2) is 35.5 Å². The van der Waals surface area contributed by atoms with Crippen LogP contribution in [0.25, 0.3) is 11.1 Å². The van der Waals surface area contributed by atoms with Crippen molar-refractivity contribution in [3.05, 3.63) is 46.9 Å². The van der Waals surface area contributed by atoms with Crippen molar-refractivity contribution in [1.82, 2.24) is 9.88 Å². The molecule has 0 saturated carbocycles. The lowest BCUT2D eigenvalue weighted by Crippen LogP contribution is -2.37. The second-order valence-electron chi connectivity index (χ2n) is 10.2. The van der Waals surface area contributed by atoms with Crippen LogP contribution < -0.4 is 15.0 Å². The van der Waals surface area contributed by atoms with Crippen molar-refractivity contribution in [3.8, 4) is 23.1 Å². The zero-order valence-corrected chi connectivity index (χ0v) is 22.5. The molecule has 0 radical (unpaired) electrons. The lowest BCUT2D eigenvalue weighted by molar-refractivity contribution is 0.0238. The van der Waals surface area contributed by atoms with Crippen LogP contribution >= 0.6 is 0 Å². The number of nitrogens with zero attached hydrogens (tertiary/aromatic N) is 4. The third-order valence-corrected chi connectivity index (χ3v) is 7.55. The van der Waals surface area contributed by atoms with Crippen molar-refractivity contribution in [2.24, 2.45) is 0 Å². The van der Waals surface area contributed by atoms with E-state index >= 15 is 0 Å². The maximum atomic E-state index is 15.0. The first kappa shape index (κ1) is 26.9. The number of likely N-dealkylation sites (tertiary alicyclic amines) is 1. The smallest absolute Gasteiger partial charge is 0.322 e. The molecule has 0 bridgehead atoms. The monoisotopic (exact) mass is 535 g/mol. The number of hydrogen-bond acceptors (Lipinski definition) is 7. The highest BCUT2D eigenvalue weighted by Gasteiger charge is 2.25. The molecule has 9 nitrogen and oxygen atoms in total. The van der Waals surface area contributed by atoms with Crippen LogP contribution in [0.5, 0.6) is 5.88 Å². The van der Waals surface area contributed by atoms with Gasteiger partial charge in [-0.15, -0.1) is 0 Å². The number of ether oxygens (including phenoxy) is 3. The number of amides is 2. The number of pyridine rings is 1. The Morgan fingerprint density at radius 3 is 2.64 bits per heavy atom. The average molecular weight is 536 g/mol. The first-order valence-corrected chi connectivity index (χ1v) is 13.4. The number of benzene rings is 1. The first-order chi connectivity index (χ1) is 18.9. The number of morpholine rings is 1. The molecule has 0 atom stereocenters. The van der Waals surface area contributed by atoms with E-state index < -0.39 is 11.8 Å². The molecule has 0 spiro atoms. The summed E-state index contributed by atoms with van der Waals surface area (Å²) in [5.41, 5.74) is 4.85. The second-order valence-corrected chi connectivity index (χ2v) is 10.2. The predicted octanol–water partition coefficient (Wildman–Crippen LogP) is 4.67. The number of aryl methyl sites for hydroxylation is 1. The van der Waals surface area contributed by atoms with Crippen LogP contribution in [0, 0.1) is 24.1 Å². The van der Waals surface area contributed by atoms with Crippen molar-refractivity contribution in [2.75, 3.05) is 62.8 Å². The fourth-order valence-corrected chi connectivity index (χ4v) is 5.15. The molecule has 3 fully saturated rings. The minimum atomic E-state index is -0.506. The summed E-state index contributed by atoms with van der Waals surface area (Å²) < 4.78 is 32.3. The number of carbonyl (C=O) groups excluding carboxylic acids is 1. The summed E-state index contributed by atoms with van der Waals surface area (Å²) >= 11 is 0. The van der Waals surface area contributed by atoms with Gasteiger partial charge >= 0.3 is 6.03 Å². The van der Waals surface area contributed by atoms with Gasteiger partial charge in [0, 0.05) is 56.4 Å². The second kappa shape index (κ2) is 12.0.